The Bertz CT molecular complexity index is 1470. The first kappa shape index (κ1) is 16.9. The van der Waals surface area contributed by atoms with Crippen LogP contribution in [0.5, 0.6) is 0 Å². The highest BCUT2D eigenvalue weighted by Gasteiger charge is 2.17. The molecule has 0 bridgehead atoms. The standard InChI is InChI=1S/C29H19N/c1-2-10-20(11-3-1)28-22-13-4-6-15-24(22)29(25-16-7-5-14-23(25)28)26-18-19-30-27-17-9-8-12-21(26)27/h1-19H. The molecule has 0 spiro atoms. The zero-order valence-corrected chi connectivity index (χ0v) is 16.4. The van der Waals surface area contributed by atoms with Gasteiger partial charge in [0.15, 0.2) is 0 Å². The molecule has 6 rings (SSSR count). The van der Waals surface area contributed by atoms with Gasteiger partial charge >= 0.3 is 0 Å². The lowest BCUT2D eigenvalue weighted by Crippen LogP contribution is -1.92. The number of pyridine rings is 1. The van der Waals surface area contributed by atoms with Crippen molar-refractivity contribution in [3.05, 3.63) is 115 Å². The maximum atomic E-state index is 4.59. The van der Waals surface area contributed by atoms with Crippen LogP contribution in [-0.4, -0.2) is 4.98 Å². The van der Waals surface area contributed by atoms with E-state index in [1.807, 2.05) is 12.3 Å². The molecule has 1 heteroatoms. The van der Waals surface area contributed by atoms with E-state index in [4.69, 9.17) is 0 Å². The number of para-hydroxylation sites is 1. The third-order valence-corrected chi connectivity index (χ3v) is 5.91. The Balaban J connectivity index is 1.85. The van der Waals surface area contributed by atoms with E-state index in [2.05, 4.69) is 108 Å². The molecule has 6 aromatic rings. The molecule has 0 unspecified atom stereocenters. The molecule has 5 aromatic carbocycles. The predicted molar refractivity (Wildman–Crippen MR) is 128 cm³/mol. The van der Waals surface area contributed by atoms with E-state index >= 15 is 0 Å². The number of benzene rings is 5. The van der Waals surface area contributed by atoms with E-state index in [1.54, 1.807) is 0 Å². The van der Waals surface area contributed by atoms with Crippen molar-refractivity contribution in [3.63, 3.8) is 0 Å². The number of rotatable bonds is 2. The van der Waals surface area contributed by atoms with Crippen molar-refractivity contribution in [3.8, 4) is 22.3 Å². The van der Waals surface area contributed by atoms with Gasteiger partial charge in [0.05, 0.1) is 5.52 Å². The van der Waals surface area contributed by atoms with Gasteiger partial charge in [0.1, 0.15) is 0 Å². The molecule has 0 aliphatic rings. The van der Waals surface area contributed by atoms with Crippen LogP contribution in [0.4, 0.5) is 0 Å². The average molecular weight is 381 g/mol. The SMILES string of the molecule is c1ccc(-c2c3ccccc3c(-c3ccnc4ccccc34)c3ccccc23)cc1. The molecular weight excluding hydrogens is 362 g/mol. The summed E-state index contributed by atoms with van der Waals surface area (Å²) in [5.74, 6) is 0. The Morgan fingerprint density at radius 2 is 0.900 bits per heavy atom. The van der Waals surface area contributed by atoms with Crippen molar-refractivity contribution in [2.75, 3.05) is 0 Å². The summed E-state index contributed by atoms with van der Waals surface area (Å²) >= 11 is 0. The van der Waals surface area contributed by atoms with Gasteiger partial charge in [0.2, 0.25) is 0 Å². The molecule has 1 nitrogen and oxygen atoms in total. The number of aromatic nitrogens is 1. The van der Waals surface area contributed by atoms with Crippen LogP contribution in [0, 0.1) is 0 Å². The van der Waals surface area contributed by atoms with Crippen molar-refractivity contribution in [1.29, 1.82) is 0 Å². The highest BCUT2D eigenvalue weighted by molar-refractivity contribution is 6.23. The Hall–Kier alpha value is -3.97. The summed E-state index contributed by atoms with van der Waals surface area (Å²) in [5.41, 5.74) is 6.07. The molecule has 1 heterocycles. The molecule has 0 N–H and O–H groups in total. The van der Waals surface area contributed by atoms with E-state index in [1.165, 1.54) is 49.2 Å². The van der Waals surface area contributed by atoms with Crippen molar-refractivity contribution in [1.82, 2.24) is 4.98 Å². The van der Waals surface area contributed by atoms with Gasteiger partial charge in [-0.2, -0.15) is 0 Å². The molecule has 140 valence electrons. The van der Waals surface area contributed by atoms with Gasteiger partial charge in [-0.05, 0) is 55.9 Å². The van der Waals surface area contributed by atoms with Crippen LogP contribution in [0.1, 0.15) is 0 Å². The monoisotopic (exact) mass is 381 g/mol. The molecule has 0 atom stereocenters. The number of hydrogen-bond acceptors (Lipinski definition) is 1. The van der Waals surface area contributed by atoms with Crippen molar-refractivity contribution >= 4 is 32.4 Å². The Morgan fingerprint density at radius 1 is 0.400 bits per heavy atom. The van der Waals surface area contributed by atoms with Gasteiger partial charge in [-0.3, -0.25) is 4.98 Å². The summed E-state index contributed by atoms with van der Waals surface area (Å²) in [4.78, 5) is 4.59. The minimum absolute atomic E-state index is 1.02. The third kappa shape index (κ3) is 2.53. The topological polar surface area (TPSA) is 12.9 Å². The molecule has 1 aromatic heterocycles. The summed E-state index contributed by atoms with van der Waals surface area (Å²) in [6, 6.07) is 38.8. The van der Waals surface area contributed by atoms with Crippen LogP contribution >= 0.6 is 0 Å². The molecule has 0 fully saturated rings. The summed E-state index contributed by atoms with van der Waals surface area (Å²) in [6.45, 7) is 0. The first-order chi connectivity index (χ1) is 14.9. The van der Waals surface area contributed by atoms with Crippen LogP contribution in [0.15, 0.2) is 115 Å². The minimum Gasteiger partial charge on any atom is -0.256 e. The van der Waals surface area contributed by atoms with Crippen molar-refractivity contribution in [2.45, 2.75) is 0 Å². The summed E-state index contributed by atoms with van der Waals surface area (Å²) in [7, 11) is 0. The van der Waals surface area contributed by atoms with E-state index in [0.29, 0.717) is 0 Å². The number of fused-ring (bicyclic) bond motifs is 3. The zero-order valence-electron chi connectivity index (χ0n) is 16.4. The van der Waals surface area contributed by atoms with Gasteiger partial charge in [0, 0.05) is 11.6 Å². The quantitative estimate of drug-likeness (QED) is 0.278. The second kappa shape index (κ2) is 6.82. The van der Waals surface area contributed by atoms with Gasteiger partial charge < -0.3 is 0 Å². The Kier molecular flexibility index (Phi) is 3.85. The van der Waals surface area contributed by atoms with Crippen molar-refractivity contribution in [2.24, 2.45) is 0 Å². The van der Waals surface area contributed by atoms with Crippen LogP contribution in [-0.2, 0) is 0 Å². The van der Waals surface area contributed by atoms with Gasteiger partial charge in [-0.15, -0.1) is 0 Å². The fraction of sp³-hybridized carbons (Fsp3) is 0. The Labute approximate surface area is 175 Å². The highest BCUT2D eigenvalue weighted by atomic mass is 14.6. The molecule has 30 heavy (non-hydrogen) atoms. The van der Waals surface area contributed by atoms with E-state index in [0.717, 1.165) is 5.52 Å². The van der Waals surface area contributed by atoms with Crippen molar-refractivity contribution < 1.29 is 0 Å². The summed E-state index contributed by atoms with van der Waals surface area (Å²) in [5, 5.41) is 6.28. The van der Waals surface area contributed by atoms with Crippen LogP contribution in [0.25, 0.3) is 54.7 Å². The van der Waals surface area contributed by atoms with Crippen LogP contribution in [0.2, 0.25) is 0 Å². The van der Waals surface area contributed by atoms with Gasteiger partial charge in [-0.25, -0.2) is 0 Å². The van der Waals surface area contributed by atoms with E-state index in [-0.39, 0.29) is 0 Å². The zero-order chi connectivity index (χ0) is 19.9. The summed E-state index contributed by atoms with van der Waals surface area (Å²) in [6.07, 6.45) is 1.92. The third-order valence-electron chi connectivity index (χ3n) is 5.91. The molecule has 0 radical (unpaired) electrons. The number of hydrogen-bond donors (Lipinski definition) is 0. The van der Waals surface area contributed by atoms with E-state index in [9.17, 15) is 0 Å². The Morgan fingerprint density at radius 3 is 1.53 bits per heavy atom. The second-order valence-corrected chi connectivity index (χ2v) is 7.58. The highest BCUT2D eigenvalue weighted by Crippen LogP contribution is 2.44. The smallest absolute Gasteiger partial charge is 0.0708 e. The first-order valence-corrected chi connectivity index (χ1v) is 10.2. The maximum absolute atomic E-state index is 4.59. The normalized spacial score (nSPS) is 11.3. The van der Waals surface area contributed by atoms with Gasteiger partial charge in [0.25, 0.3) is 0 Å². The summed E-state index contributed by atoms with van der Waals surface area (Å²) < 4.78 is 0. The largest absolute Gasteiger partial charge is 0.256 e. The lowest BCUT2D eigenvalue weighted by Gasteiger charge is -2.18. The second-order valence-electron chi connectivity index (χ2n) is 7.58. The molecular formula is C29H19N. The first-order valence-electron chi connectivity index (χ1n) is 10.2. The molecule has 0 amide bonds. The fourth-order valence-corrected chi connectivity index (χ4v) is 4.65. The molecule has 0 saturated heterocycles. The molecule has 0 aliphatic heterocycles. The van der Waals surface area contributed by atoms with Crippen LogP contribution < -0.4 is 0 Å². The lowest BCUT2D eigenvalue weighted by atomic mass is 9.85. The van der Waals surface area contributed by atoms with Gasteiger partial charge in [-0.1, -0.05) is 97.1 Å². The number of nitrogens with zero attached hydrogens (tertiary/aromatic N) is 1. The fourth-order valence-electron chi connectivity index (χ4n) is 4.65. The maximum Gasteiger partial charge on any atom is 0.0708 e. The molecule has 0 aliphatic carbocycles. The average Bonchev–Trinajstić information content (AvgIpc) is 2.83. The van der Waals surface area contributed by atoms with E-state index < -0.39 is 0 Å². The lowest BCUT2D eigenvalue weighted by molar-refractivity contribution is 1.41. The van der Waals surface area contributed by atoms with Crippen LogP contribution in [0.3, 0.4) is 0 Å². The molecule has 0 saturated carbocycles. The minimum atomic E-state index is 1.02. The predicted octanol–water partition coefficient (Wildman–Crippen LogP) is 7.88.